The van der Waals surface area contributed by atoms with Crippen LogP contribution in [0.4, 0.5) is 0 Å². The van der Waals surface area contributed by atoms with E-state index in [-0.39, 0.29) is 24.5 Å². The summed E-state index contributed by atoms with van der Waals surface area (Å²) in [7, 11) is -0.859. The van der Waals surface area contributed by atoms with Crippen LogP contribution in [0, 0.1) is 0 Å². The number of methoxy groups -OCH3 is 2. The average molecular weight is 488 g/mol. The van der Waals surface area contributed by atoms with Gasteiger partial charge in [0.25, 0.3) is 0 Å². The third kappa shape index (κ3) is 6.25. The maximum atomic E-state index is 12.5. The van der Waals surface area contributed by atoms with Crippen molar-refractivity contribution < 1.29 is 32.5 Å². The second kappa shape index (κ2) is 11.8. The van der Waals surface area contributed by atoms with Gasteiger partial charge in [-0.15, -0.1) is 0 Å². The van der Waals surface area contributed by atoms with Crippen molar-refractivity contribution in [2.75, 3.05) is 34.0 Å². The van der Waals surface area contributed by atoms with Gasteiger partial charge in [-0.05, 0) is 41.8 Å². The summed E-state index contributed by atoms with van der Waals surface area (Å²) in [6, 6.07) is 16.2. The van der Waals surface area contributed by atoms with E-state index in [1.807, 2.05) is 30.3 Å². The highest BCUT2D eigenvalue weighted by Gasteiger charge is 2.16. The predicted molar refractivity (Wildman–Crippen MR) is 129 cm³/mol. The maximum Gasteiger partial charge on any atom is 0.306 e. The van der Waals surface area contributed by atoms with Gasteiger partial charge in [0.15, 0.2) is 0 Å². The molecule has 0 aliphatic carbocycles. The molecule has 0 heterocycles. The summed E-state index contributed by atoms with van der Waals surface area (Å²) in [5, 5.41) is 10.9. The Morgan fingerprint density at radius 3 is 2.44 bits per heavy atom. The molecule has 9 heteroatoms. The number of nitrogens with one attached hydrogen (secondary N) is 1. The van der Waals surface area contributed by atoms with Gasteiger partial charge < -0.3 is 19.3 Å². The third-order valence-corrected chi connectivity index (χ3v) is 6.78. The van der Waals surface area contributed by atoms with E-state index >= 15 is 0 Å². The number of aliphatic hydroxyl groups is 1. The lowest BCUT2D eigenvalue weighted by Crippen LogP contribution is -2.26. The van der Waals surface area contributed by atoms with Crippen molar-refractivity contribution in [1.29, 1.82) is 0 Å². The van der Waals surface area contributed by atoms with Crippen LogP contribution in [0.1, 0.15) is 24.0 Å². The monoisotopic (exact) mass is 487 g/mol. The van der Waals surface area contributed by atoms with Crippen molar-refractivity contribution in [1.82, 2.24) is 4.72 Å². The van der Waals surface area contributed by atoms with Crippen molar-refractivity contribution >= 4 is 26.8 Å². The van der Waals surface area contributed by atoms with Gasteiger partial charge in [0.2, 0.25) is 10.0 Å². The topological polar surface area (TPSA) is 111 Å². The zero-order valence-corrected chi connectivity index (χ0v) is 20.1. The van der Waals surface area contributed by atoms with Crippen LogP contribution < -0.4 is 14.2 Å². The molecular formula is C25H29NO7S. The molecule has 0 unspecified atom stereocenters. The number of benzene rings is 3. The predicted octanol–water partition coefficient (Wildman–Crippen LogP) is 3.04. The fourth-order valence-corrected chi connectivity index (χ4v) is 4.62. The van der Waals surface area contributed by atoms with E-state index in [1.165, 1.54) is 7.11 Å². The van der Waals surface area contributed by atoms with E-state index in [4.69, 9.17) is 14.6 Å². The number of rotatable bonds is 12. The molecule has 3 aromatic carbocycles. The Labute approximate surface area is 199 Å². The van der Waals surface area contributed by atoms with Crippen molar-refractivity contribution in [2.45, 2.75) is 24.2 Å². The molecule has 0 spiro atoms. The first-order valence-corrected chi connectivity index (χ1v) is 12.4. The highest BCUT2D eigenvalue weighted by molar-refractivity contribution is 7.89. The van der Waals surface area contributed by atoms with Crippen LogP contribution in [0.5, 0.6) is 11.5 Å². The largest absolute Gasteiger partial charge is 0.496 e. The summed E-state index contributed by atoms with van der Waals surface area (Å²) in [6.07, 6.45) is 1.04. The van der Waals surface area contributed by atoms with Gasteiger partial charge in [0.05, 0.1) is 32.1 Å². The lowest BCUT2D eigenvalue weighted by Gasteiger charge is -2.15. The highest BCUT2D eigenvalue weighted by atomic mass is 32.2. The Morgan fingerprint density at radius 1 is 1.00 bits per heavy atom. The molecule has 0 atom stereocenters. The van der Waals surface area contributed by atoms with Gasteiger partial charge in [0, 0.05) is 30.3 Å². The summed E-state index contributed by atoms with van der Waals surface area (Å²) >= 11 is 0. The molecular weight excluding hydrogens is 458 g/mol. The smallest absolute Gasteiger partial charge is 0.306 e. The van der Waals surface area contributed by atoms with E-state index < -0.39 is 16.0 Å². The second-order valence-electron chi connectivity index (χ2n) is 7.58. The molecule has 0 saturated heterocycles. The first-order valence-electron chi connectivity index (χ1n) is 10.9. The number of fused-ring (bicyclic) bond motifs is 1. The van der Waals surface area contributed by atoms with Crippen LogP contribution in [0.2, 0.25) is 0 Å². The average Bonchev–Trinajstić information content (AvgIpc) is 2.84. The van der Waals surface area contributed by atoms with Crippen LogP contribution in [-0.2, 0) is 26.0 Å². The Hall–Kier alpha value is -3.14. The van der Waals surface area contributed by atoms with Crippen LogP contribution in [0.3, 0.4) is 0 Å². The van der Waals surface area contributed by atoms with E-state index in [0.717, 1.165) is 27.6 Å². The minimum absolute atomic E-state index is 0.0341. The Bertz CT molecular complexity index is 1220. The Balaban J connectivity index is 1.84. The van der Waals surface area contributed by atoms with Crippen LogP contribution in [0.15, 0.2) is 59.5 Å². The number of ether oxygens (including phenoxy) is 3. The van der Waals surface area contributed by atoms with Gasteiger partial charge >= 0.3 is 5.97 Å². The standard InChI is InChI=1S/C25H29NO7S/c1-31-22-12-9-19(25-21(22)5-3-6-23(25)33-16-4-15-27)17-18-7-10-20(11-8-18)34(29,30)26-14-13-24(28)32-2/h3,5-12,26-27H,4,13-17H2,1-2H3. The summed E-state index contributed by atoms with van der Waals surface area (Å²) in [5.74, 6) is 0.948. The molecule has 34 heavy (non-hydrogen) atoms. The molecule has 3 aromatic rings. The van der Waals surface area contributed by atoms with Crippen molar-refractivity contribution in [2.24, 2.45) is 0 Å². The van der Waals surface area contributed by atoms with Crippen LogP contribution >= 0.6 is 0 Å². The normalized spacial score (nSPS) is 11.4. The molecule has 0 fully saturated rings. The van der Waals surface area contributed by atoms with Crippen molar-refractivity contribution in [3.63, 3.8) is 0 Å². The Kier molecular flexibility index (Phi) is 8.86. The van der Waals surface area contributed by atoms with E-state index in [1.54, 1.807) is 31.4 Å². The minimum Gasteiger partial charge on any atom is -0.496 e. The summed E-state index contributed by atoms with van der Waals surface area (Å²) < 4.78 is 43.3. The fourth-order valence-electron chi connectivity index (χ4n) is 3.59. The van der Waals surface area contributed by atoms with Gasteiger partial charge in [-0.1, -0.05) is 30.3 Å². The molecule has 0 radical (unpaired) electrons. The second-order valence-corrected chi connectivity index (χ2v) is 9.34. The molecule has 0 saturated carbocycles. The summed E-state index contributed by atoms with van der Waals surface area (Å²) in [6.45, 7) is 0.406. The fraction of sp³-hybridized carbons (Fsp3) is 0.320. The molecule has 0 aliphatic heterocycles. The molecule has 8 nitrogen and oxygen atoms in total. The maximum absolute atomic E-state index is 12.5. The number of hydrogen-bond acceptors (Lipinski definition) is 7. The van der Waals surface area contributed by atoms with Crippen LogP contribution in [0.25, 0.3) is 10.8 Å². The minimum atomic E-state index is -3.73. The molecule has 182 valence electrons. The van der Waals surface area contributed by atoms with Gasteiger partial charge in [0.1, 0.15) is 11.5 Å². The van der Waals surface area contributed by atoms with Gasteiger partial charge in [-0.25, -0.2) is 13.1 Å². The molecule has 3 rings (SSSR count). The number of carbonyl (C=O) groups excluding carboxylic acids is 1. The molecule has 0 aromatic heterocycles. The zero-order chi connectivity index (χ0) is 24.6. The number of carbonyl (C=O) groups is 1. The van der Waals surface area contributed by atoms with Crippen LogP contribution in [-0.4, -0.2) is 53.5 Å². The Morgan fingerprint density at radius 2 is 1.76 bits per heavy atom. The quantitative estimate of drug-likeness (QED) is 0.298. The summed E-state index contributed by atoms with van der Waals surface area (Å²) in [4.78, 5) is 11.3. The highest BCUT2D eigenvalue weighted by Crippen LogP contribution is 2.36. The third-order valence-electron chi connectivity index (χ3n) is 5.31. The van der Waals surface area contributed by atoms with E-state index in [9.17, 15) is 13.2 Å². The summed E-state index contributed by atoms with van der Waals surface area (Å²) in [5.41, 5.74) is 1.92. The molecule has 0 aliphatic rings. The zero-order valence-electron chi connectivity index (χ0n) is 19.2. The molecule has 0 bridgehead atoms. The van der Waals surface area contributed by atoms with Gasteiger partial charge in [-0.3, -0.25) is 4.79 Å². The number of esters is 1. The van der Waals surface area contributed by atoms with E-state index in [2.05, 4.69) is 9.46 Å². The van der Waals surface area contributed by atoms with Crippen molar-refractivity contribution in [3.05, 3.63) is 65.7 Å². The number of sulfonamides is 1. The molecule has 0 amide bonds. The molecule has 2 N–H and O–H groups in total. The SMILES string of the molecule is COC(=O)CCNS(=O)(=O)c1ccc(Cc2ccc(OC)c3cccc(OCCCO)c23)cc1. The first-order chi connectivity index (χ1) is 16.4. The van der Waals surface area contributed by atoms with E-state index in [0.29, 0.717) is 25.2 Å². The van der Waals surface area contributed by atoms with Crippen molar-refractivity contribution in [3.8, 4) is 11.5 Å². The number of hydrogen-bond donors (Lipinski definition) is 2. The first kappa shape index (κ1) is 25.5. The van der Waals surface area contributed by atoms with Gasteiger partial charge in [-0.2, -0.15) is 0 Å². The lowest BCUT2D eigenvalue weighted by atomic mass is 9.97. The number of aliphatic hydroxyl groups excluding tert-OH is 1. The lowest BCUT2D eigenvalue weighted by molar-refractivity contribution is -0.140.